The third kappa shape index (κ3) is 8.38. The molecule has 9 rings (SSSR count). The number of amides is 4. The van der Waals surface area contributed by atoms with E-state index in [2.05, 4.69) is 63.1 Å². The van der Waals surface area contributed by atoms with Crippen molar-refractivity contribution in [3.63, 3.8) is 0 Å². The van der Waals surface area contributed by atoms with Crippen molar-refractivity contribution in [1.82, 2.24) is 40.4 Å². The van der Waals surface area contributed by atoms with Crippen LogP contribution in [0.2, 0.25) is 0 Å². The number of benzene rings is 3. The molecule has 4 fully saturated rings. The molecule has 6 heterocycles. The van der Waals surface area contributed by atoms with E-state index in [0.717, 1.165) is 75.7 Å². The highest BCUT2D eigenvalue weighted by atomic mass is 16.5. The number of aromatic amines is 2. The number of hydrogen-bond acceptors (Lipinski definition) is 9. The molecule has 3 aromatic carbocycles. The first-order chi connectivity index (χ1) is 29.7. The summed E-state index contributed by atoms with van der Waals surface area (Å²) in [7, 11) is 1.31. The van der Waals surface area contributed by atoms with Gasteiger partial charge >= 0.3 is 12.2 Å². The van der Waals surface area contributed by atoms with Crippen molar-refractivity contribution in [3.8, 4) is 22.4 Å². The Bertz CT molecular complexity index is 2420. The zero-order chi connectivity index (χ0) is 42.0. The number of H-pyrrole nitrogens is 2. The molecule has 4 aliphatic rings. The minimum Gasteiger partial charge on any atom is -0.465 e. The third-order valence-electron chi connectivity index (χ3n) is 13.0. The van der Waals surface area contributed by atoms with Gasteiger partial charge in [-0.15, -0.1) is 0 Å². The Morgan fingerprint density at radius 2 is 1.28 bits per heavy atom. The lowest BCUT2D eigenvalue weighted by molar-refractivity contribution is -0.137. The maximum Gasteiger partial charge on any atom is 0.407 e. The van der Waals surface area contributed by atoms with Gasteiger partial charge in [-0.2, -0.15) is 0 Å². The third-order valence-corrected chi connectivity index (χ3v) is 13.0. The number of rotatable bonds is 10. The average Bonchev–Trinajstić information content (AvgIpc) is 4.13. The van der Waals surface area contributed by atoms with E-state index in [4.69, 9.17) is 24.2 Å². The highest BCUT2D eigenvalue weighted by Crippen LogP contribution is 2.37. The Labute approximate surface area is 352 Å². The number of hydrogen-bond donors (Lipinski definition) is 5. The molecule has 16 nitrogen and oxygen atoms in total. The summed E-state index contributed by atoms with van der Waals surface area (Å²) in [4.78, 5) is 72.3. The fraction of sp³-hybridized carbons (Fsp3) is 0.467. The molecule has 4 saturated heterocycles. The van der Waals surface area contributed by atoms with Crippen LogP contribution in [0.5, 0.6) is 0 Å². The lowest BCUT2D eigenvalue weighted by Gasteiger charge is -2.34. The first kappa shape index (κ1) is 40.4. The fourth-order valence-corrected chi connectivity index (χ4v) is 9.77. The number of carbonyl (C=O) groups is 4. The maximum absolute atomic E-state index is 14.1. The summed E-state index contributed by atoms with van der Waals surface area (Å²) in [5.74, 6) is 0.948. The number of methoxy groups -OCH3 is 1. The van der Waals surface area contributed by atoms with Gasteiger partial charge in [0.05, 0.1) is 35.9 Å². The Morgan fingerprint density at radius 3 is 1.90 bits per heavy atom. The zero-order valence-corrected chi connectivity index (χ0v) is 34.2. The normalized spacial score (nSPS) is 21.1. The first-order valence-electron chi connectivity index (χ1n) is 21.4. The summed E-state index contributed by atoms with van der Waals surface area (Å²) in [6, 6.07) is 16.8. The van der Waals surface area contributed by atoms with Crippen LogP contribution in [0.1, 0.15) is 75.1 Å². The van der Waals surface area contributed by atoms with Crippen LogP contribution in [0.3, 0.4) is 0 Å². The highest BCUT2D eigenvalue weighted by Gasteiger charge is 2.41. The summed E-state index contributed by atoms with van der Waals surface area (Å²) in [6.07, 6.45) is 5.84. The molecule has 16 heteroatoms. The van der Waals surface area contributed by atoms with Crippen LogP contribution in [0.15, 0.2) is 60.8 Å². The number of fused-ring (bicyclic) bond motifs is 2. The standard InChI is InChI=1S/C45H52N8O8/c1-59-45(58)51-39(27-14-20-61-21-15-27)43(55)53-17-3-5-37(53)41-47-33-11-10-31(24-34(33)48-41)29-6-7-30-23-32(9-8-28(30)22-29)35-25-46-40(49-35)36-4-2-16-52(36)42(54)38(50-44(56)57)26-12-18-60-19-13-26/h6-11,22-27,36-39,50H,2-5,12-21H2,1H3,(H,46,49)(H,47,48)(H,51,58)(H,56,57)/t36-,37-,38-,39?/m0/s1. The van der Waals surface area contributed by atoms with Gasteiger partial charge in [0, 0.05) is 51.3 Å². The quantitative estimate of drug-likeness (QED) is 0.106. The van der Waals surface area contributed by atoms with Gasteiger partial charge in [0.25, 0.3) is 0 Å². The van der Waals surface area contributed by atoms with Gasteiger partial charge in [0.15, 0.2) is 0 Å². The predicted molar refractivity (Wildman–Crippen MR) is 225 cm³/mol. The second-order valence-corrected chi connectivity index (χ2v) is 16.6. The molecule has 0 bridgehead atoms. The molecule has 0 spiro atoms. The Hall–Kier alpha value is -6.00. The Morgan fingerprint density at radius 1 is 0.721 bits per heavy atom. The topological polar surface area (TPSA) is 204 Å². The molecule has 2 aromatic heterocycles. The molecule has 4 aliphatic heterocycles. The maximum atomic E-state index is 14.1. The summed E-state index contributed by atoms with van der Waals surface area (Å²) in [5.41, 5.74) is 5.47. The molecular weight excluding hydrogens is 781 g/mol. The molecule has 4 amide bonds. The van der Waals surface area contributed by atoms with Crippen molar-refractivity contribution in [1.29, 1.82) is 0 Å². The van der Waals surface area contributed by atoms with E-state index >= 15 is 0 Å². The summed E-state index contributed by atoms with van der Waals surface area (Å²) in [6.45, 7) is 3.26. The molecule has 0 radical (unpaired) electrons. The van der Waals surface area contributed by atoms with Gasteiger partial charge in [-0.25, -0.2) is 19.6 Å². The van der Waals surface area contributed by atoms with Gasteiger partial charge in [0.2, 0.25) is 11.8 Å². The second kappa shape index (κ2) is 17.5. The minimum atomic E-state index is -1.20. The number of nitrogens with one attached hydrogen (secondary N) is 4. The summed E-state index contributed by atoms with van der Waals surface area (Å²) in [5, 5.41) is 17.0. The number of carboxylic acid groups (broad SMARTS) is 1. The van der Waals surface area contributed by atoms with Gasteiger partial charge < -0.3 is 49.7 Å². The monoisotopic (exact) mass is 832 g/mol. The van der Waals surface area contributed by atoms with Gasteiger partial charge in [0.1, 0.15) is 23.7 Å². The molecule has 320 valence electrons. The smallest absolute Gasteiger partial charge is 0.407 e. The van der Waals surface area contributed by atoms with Crippen LogP contribution in [0.4, 0.5) is 9.59 Å². The molecule has 61 heavy (non-hydrogen) atoms. The van der Waals surface area contributed by atoms with Crippen molar-refractivity contribution in [2.24, 2.45) is 11.8 Å². The van der Waals surface area contributed by atoms with Crippen LogP contribution in [0, 0.1) is 11.8 Å². The Balaban J connectivity index is 0.902. The number of imidazole rings is 2. The first-order valence-corrected chi connectivity index (χ1v) is 21.4. The predicted octanol–water partition coefficient (Wildman–Crippen LogP) is 6.31. The lowest BCUT2D eigenvalue weighted by atomic mass is 9.90. The summed E-state index contributed by atoms with van der Waals surface area (Å²) < 4.78 is 15.9. The number of nitrogens with zero attached hydrogens (tertiary/aromatic N) is 4. The van der Waals surface area contributed by atoms with Gasteiger partial charge in [-0.3, -0.25) is 9.59 Å². The number of aromatic nitrogens is 4. The van der Waals surface area contributed by atoms with E-state index in [1.54, 1.807) is 4.90 Å². The van der Waals surface area contributed by atoms with Crippen LogP contribution < -0.4 is 10.6 Å². The van der Waals surface area contributed by atoms with Crippen molar-refractivity contribution in [3.05, 3.63) is 72.4 Å². The molecule has 0 aliphatic carbocycles. The van der Waals surface area contributed by atoms with Crippen LogP contribution in [-0.2, 0) is 23.8 Å². The largest absolute Gasteiger partial charge is 0.465 e. The molecular formula is C45H52N8O8. The number of likely N-dealkylation sites (tertiary alicyclic amines) is 2. The summed E-state index contributed by atoms with van der Waals surface area (Å²) >= 11 is 0. The highest BCUT2D eigenvalue weighted by molar-refractivity contribution is 5.92. The molecule has 4 atom stereocenters. The van der Waals surface area contributed by atoms with Crippen molar-refractivity contribution in [2.45, 2.75) is 75.5 Å². The van der Waals surface area contributed by atoms with E-state index < -0.39 is 24.3 Å². The molecule has 5 N–H and O–H groups in total. The van der Waals surface area contributed by atoms with E-state index in [1.807, 2.05) is 23.2 Å². The van der Waals surface area contributed by atoms with Crippen molar-refractivity contribution in [2.75, 3.05) is 46.6 Å². The SMILES string of the molecule is COC(=O)NC(C(=O)N1CCC[C@H]1c1nc2cc(-c3ccc4cc(-c5c[nH]c([C@@H]6CCCN6C(=O)[C@@H](NC(=O)O)C6CCOCC6)n5)ccc4c3)ccc2[nH]1)C1CCOCC1. The van der Waals surface area contributed by atoms with Gasteiger partial charge in [-0.05, 0) is 109 Å². The van der Waals surface area contributed by atoms with Crippen LogP contribution >= 0.6 is 0 Å². The van der Waals surface area contributed by atoms with E-state index in [9.17, 15) is 24.3 Å². The van der Waals surface area contributed by atoms with Crippen LogP contribution in [0.25, 0.3) is 44.2 Å². The van der Waals surface area contributed by atoms with Crippen LogP contribution in [-0.4, -0.2) is 118 Å². The van der Waals surface area contributed by atoms with Crippen molar-refractivity contribution >= 4 is 45.8 Å². The number of alkyl carbamates (subject to hydrolysis) is 1. The van der Waals surface area contributed by atoms with E-state index in [0.29, 0.717) is 71.0 Å². The zero-order valence-electron chi connectivity index (χ0n) is 34.2. The van der Waals surface area contributed by atoms with E-state index in [1.165, 1.54) is 7.11 Å². The molecule has 0 saturated carbocycles. The average molecular weight is 833 g/mol. The Kier molecular flexibility index (Phi) is 11.6. The molecule has 1 unspecified atom stereocenters. The lowest BCUT2D eigenvalue weighted by Crippen LogP contribution is -2.53. The molecule has 5 aromatic rings. The van der Waals surface area contributed by atoms with Gasteiger partial charge in [-0.1, -0.05) is 30.3 Å². The number of carbonyl (C=O) groups excluding carboxylic acids is 3. The fourth-order valence-electron chi connectivity index (χ4n) is 9.77. The number of ether oxygens (including phenoxy) is 3. The minimum absolute atomic E-state index is 0.0361. The van der Waals surface area contributed by atoms with Crippen molar-refractivity contribution < 1.29 is 38.5 Å². The van der Waals surface area contributed by atoms with E-state index in [-0.39, 0.29) is 35.7 Å². The second-order valence-electron chi connectivity index (χ2n) is 16.6.